The first-order chi connectivity index (χ1) is 39.5. The molecule has 1 saturated heterocycles. The monoisotopic (exact) mass is 1150 g/mol. The molecule has 3 heterocycles. The average molecular weight is 1150 g/mol. The molecule has 21 nitrogen and oxygen atoms in total. The summed E-state index contributed by atoms with van der Waals surface area (Å²) in [7, 11) is 6.53. The summed E-state index contributed by atoms with van der Waals surface area (Å²) >= 11 is 0. The fourth-order valence-corrected chi connectivity index (χ4v) is 11.5. The number of aromatic nitrogens is 1. The average Bonchev–Trinajstić information content (AvgIpc) is 4.42. The van der Waals surface area contributed by atoms with Gasteiger partial charge in [-0.25, -0.2) is 0 Å². The Morgan fingerprint density at radius 3 is 2.07 bits per heavy atom. The summed E-state index contributed by atoms with van der Waals surface area (Å²) in [4.78, 5) is 130. The van der Waals surface area contributed by atoms with Crippen molar-refractivity contribution in [1.29, 1.82) is 0 Å². The van der Waals surface area contributed by atoms with Crippen LogP contribution in [0.1, 0.15) is 130 Å². The summed E-state index contributed by atoms with van der Waals surface area (Å²) in [6, 6.07) is 13.7. The molecule has 83 heavy (non-hydrogen) atoms. The van der Waals surface area contributed by atoms with E-state index < -0.39 is 53.7 Å². The number of hydrogen-bond acceptors (Lipinski definition) is 12. The third-order valence-corrected chi connectivity index (χ3v) is 16.4. The Hall–Kier alpha value is -6.97. The van der Waals surface area contributed by atoms with Crippen LogP contribution in [0.3, 0.4) is 0 Å². The van der Waals surface area contributed by atoms with Crippen LogP contribution < -0.4 is 26.8 Å². The molecule has 5 rings (SSSR count). The molecular formula is C62H92N10O11. The van der Waals surface area contributed by atoms with Gasteiger partial charge in [-0.2, -0.15) is 0 Å². The number of imide groups is 1. The highest BCUT2D eigenvalue weighted by Crippen LogP contribution is 2.34. The molecular weight excluding hydrogens is 1060 g/mol. The molecule has 0 spiro atoms. The SMILES string of the molecule is CC[C@H](C)[C@@H]([C@@H](CC(=O)N1CCC[C@H]1[C@@](C)(CC(=O)N[C@@H](Cc1c[nH]c2ccccc12)C(=O)NCc1ccccc1)OC)OC)N(C)C(=O)[C@@H](NC(=O)[C@H](C(C)C)N(C)CCCC(=O)NNC(=O)CCCCCN1C(=O)C=CC1=O)C(C)C. The number of ether oxygens (including phenoxy) is 2. The van der Waals surface area contributed by atoms with Gasteiger partial charge in [0.25, 0.3) is 11.8 Å². The highest BCUT2D eigenvalue weighted by atomic mass is 16.5. The lowest BCUT2D eigenvalue weighted by atomic mass is 9.88. The van der Waals surface area contributed by atoms with E-state index in [1.807, 2.05) is 114 Å². The molecule has 21 heteroatoms. The largest absolute Gasteiger partial charge is 0.379 e. The van der Waals surface area contributed by atoms with Crippen LogP contribution in [0.25, 0.3) is 10.9 Å². The number of likely N-dealkylation sites (N-methyl/N-ethyl adjacent to an activating group) is 2. The molecule has 0 radical (unpaired) electrons. The number of likely N-dealkylation sites (tertiary alicyclic amines) is 1. The number of nitrogens with zero attached hydrogens (tertiary/aromatic N) is 4. The standard InChI is InChI=1S/C62H92N10O11/c1-12-42(6)58(70(9)61(81)56(40(2)3)66-60(80)57(41(4)5)69(8)32-22-29-51(74)68-67-50(73)28-17-14-20-33-72-53(76)30-31-54(72)77)48(82-10)36-55(78)71-34-21-27-49(71)62(7,83-11)37-52(75)65-47(59(79)64-38-43-23-15-13-16-24-43)35-44-39-63-46-26-19-18-25-45(44)46/h13,15-16,18-19,23-26,30-31,39-42,47-49,56-58,63H,12,14,17,20-22,27-29,32-38H2,1-11H3,(H,64,79)(H,65,75)(H,66,80)(H,67,73)(H,68,74)/t42-,47-,48+,49-,56-,57-,58-,62+/m0/s1. The van der Waals surface area contributed by atoms with Crippen molar-refractivity contribution in [2.45, 2.75) is 174 Å². The van der Waals surface area contributed by atoms with Crippen molar-refractivity contribution in [2.75, 3.05) is 47.9 Å². The Balaban J connectivity index is 1.17. The minimum atomic E-state index is -1.14. The van der Waals surface area contributed by atoms with Crippen LogP contribution in [0.4, 0.5) is 0 Å². The number of methoxy groups -OCH3 is 2. The maximum atomic E-state index is 14.8. The van der Waals surface area contributed by atoms with Crippen molar-refractivity contribution >= 4 is 64.1 Å². The van der Waals surface area contributed by atoms with Gasteiger partial charge in [-0.3, -0.25) is 63.8 Å². The molecule has 9 amide bonds. The first-order valence-corrected chi connectivity index (χ1v) is 29.5. The van der Waals surface area contributed by atoms with Crippen molar-refractivity contribution < 1.29 is 52.6 Å². The van der Waals surface area contributed by atoms with E-state index in [4.69, 9.17) is 9.47 Å². The number of H-pyrrole nitrogens is 1. The number of hydrogen-bond donors (Lipinski definition) is 6. The van der Waals surface area contributed by atoms with E-state index in [2.05, 4.69) is 31.8 Å². The molecule has 1 fully saturated rings. The van der Waals surface area contributed by atoms with Gasteiger partial charge in [-0.1, -0.05) is 103 Å². The number of fused-ring (bicyclic) bond motifs is 1. The van der Waals surface area contributed by atoms with Crippen molar-refractivity contribution in [3.05, 3.63) is 84.1 Å². The highest BCUT2D eigenvalue weighted by Gasteiger charge is 2.46. The molecule has 2 aromatic carbocycles. The summed E-state index contributed by atoms with van der Waals surface area (Å²) in [5, 5.41) is 10.0. The van der Waals surface area contributed by atoms with E-state index >= 15 is 0 Å². The van der Waals surface area contributed by atoms with E-state index in [0.717, 1.165) is 26.9 Å². The van der Waals surface area contributed by atoms with Crippen LogP contribution in [-0.4, -0.2) is 168 Å². The second kappa shape index (κ2) is 32.2. The zero-order valence-electron chi connectivity index (χ0n) is 50.7. The second-order valence-corrected chi connectivity index (χ2v) is 23.2. The molecule has 2 aliphatic rings. The van der Waals surface area contributed by atoms with Crippen LogP contribution in [-0.2, 0) is 65.6 Å². The molecule has 0 unspecified atom stereocenters. The summed E-state index contributed by atoms with van der Waals surface area (Å²) in [6.45, 7) is 14.7. The zero-order valence-corrected chi connectivity index (χ0v) is 50.7. The number of amides is 9. The van der Waals surface area contributed by atoms with Gasteiger partial charge >= 0.3 is 0 Å². The minimum Gasteiger partial charge on any atom is -0.379 e. The van der Waals surface area contributed by atoms with Crippen LogP contribution in [0, 0.1) is 17.8 Å². The molecule has 0 saturated carbocycles. The molecule has 3 aromatic rings. The summed E-state index contributed by atoms with van der Waals surface area (Å²) in [5.41, 5.74) is 6.44. The number of hydrazine groups is 1. The highest BCUT2D eigenvalue weighted by molar-refractivity contribution is 6.12. The van der Waals surface area contributed by atoms with Gasteiger partial charge in [0.1, 0.15) is 12.1 Å². The lowest BCUT2D eigenvalue weighted by molar-refractivity contribution is -0.150. The molecule has 6 N–H and O–H groups in total. The number of carbonyl (C=O) groups is 9. The third kappa shape index (κ3) is 18.8. The first kappa shape index (κ1) is 66.8. The Morgan fingerprint density at radius 1 is 0.795 bits per heavy atom. The molecule has 1 aromatic heterocycles. The predicted octanol–water partition coefficient (Wildman–Crippen LogP) is 5.09. The van der Waals surface area contributed by atoms with Gasteiger partial charge in [0.05, 0.1) is 42.7 Å². The lowest BCUT2D eigenvalue weighted by Crippen LogP contribution is -2.60. The smallest absolute Gasteiger partial charge is 0.253 e. The third-order valence-electron chi connectivity index (χ3n) is 16.4. The van der Waals surface area contributed by atoms with Gasteiger partial charge in [0.2, 0.25) is 41.4 Å². The Morgan fingerprint density at radius 2 is 1.45 bits per heavy atom. The summed E-state index contributed by atoms with van der Waals surface area (Å²) in [5.74, 6) is -3.71. The van der Waals surface area contributed by atoms with Gasteiger partial charge in [-0.15, -0.1) is 0 Å². The fourth-order valence-electron chi connectivity index (χ4n) is 11.5. The second-order valence-electron chi connectivity index (χ2n) is 23.2. The van der Waals surface area contributed by atoms with Gasteiger partial charge in [0.15, 0.2) is 0 Å². The number of rotatable bonds is 33. The fraction of sp³-hybridized carbons (Fsp3) is 0.597. The van der Waals surface area contributed by atoms with Crippen molar-refractivity contribution in [3.8, 4) is 0 Å². The summed E-state index contributed by atoms with van der Waals surface area (Å²) < 4.78 is 12.3. The van der Waals surface area contributed by atoms with Crippen LogP contribution in [0.15, 0.2) is 72.9 Å². The van der Waals surface area contributed by atoms with Crippen molar-refractivity contribution in [1.82, 2.24) is 51.4 Å². The van der Waals surface area contributed by atoms with E-state index in [-0.39, 0.29) is 104 Å². The van der Waals surface area contributed by atoms with Gasteiger partial charge in [-0.05, 0) is 87.6 Å². The van der Waals surface area contributed by atoms with Gasteiger partial charge in [0, 0.05) is 89.4 Å². The first-order valence-electron chi connectivity index (χ1n) is 29.5. The van der Waals surface area contributed by atoms with Crippen LogP contribution in [0.2, 0.25) is 0 Å². The normalized spacial score (nSPS) is 17.3. The lowest BCUT2D eigenvalue weighted by Gasteiger charge is -2.42. The van der Waals surface area contributed by atoms with Gasteiger partial charge < -0.3 is 40.2 Å². The molecule has 2 aliphatic heterocycles. The maximum absolute atomic E-state index is 14.8. The number of benzene rings is 2. The maximum Gasteiger partial charge on any atom is 0.253 e. The number of unbranched alkanes of at least 4 members (excludes halogenated alkanes) is 2. The quantitative estimate of drug-likeness (QED) is 0.0265. The minimum absolute atomic E-state index is 0.0731. The number of carbonyl (C=O) groups excluding carboxylic acids is 9. The van der Waals surface area contributed by atoms with E-state index in [1.165, 1.54) is 26.4 Å². The van der Waals surface area contributed by atoms with E-state index in [1.54, 1.807) is 23.9 Å². The van der Waals surface area contributed by atoms with E-state index in [0.29, 0.717) is 58.0 Å². The molecule has 0 bridgehead atoms. The topological polar surface area (TPSA) is 261 Å². The molecule has 8 atom stereocenters. The molecule has 456 valence electrons. The van der Waals surface area contributed by atoms with Crippen LogP contribution in [0.5, 0.6) is 0 Å². The number of nitrogens with one attached hydrogen (secondary N) is 6. The molecule has 0 aliphatic carbocycles. The zero-order chi connectivity index (χ0) is 61.0. The van der Waals surface area contributed by atoms with Crippen molar-refractivity contribution in [3.63, 3.8) is 0 Å². The van der Waals surface area contributed by atoms with Crippen LogP contribution >= 0.6 is 0 Å². The Labute approximate surface area is 490 Å². The van der Waals surface area contributed by atoms with Crippen molar-refractivity contribution in [2.24, 2.45) is 17.8 Å². The number of para-hydroxylation sites is 1. The van der Waals surface area contributed by atoms with E-state index in [9.17, 15) is 43.2 Å². The predicted molar refractivity (Wildman–Crippen MR) is 316 cm³/mol. The summed E-state index contributed by atoms with van der Waals surface area (Å²) in [6.07, 6.45) is 7.80. The number of aromatic amines is 1. The Kier molecular flexibility index (Phi) is 25.9. The Bertz CT molecular complexity index is 2700.